The number of carbonyl (C=O) groups excluding carboxylic acids is 1. The van der Waals surface area contributed by atoms with Crippen LogP contribution in [0, 0.1) is 11.3 Å². The summed E-state index contributed by atoms with van der Waals surface area (Å²) in [6.45, 7) is 1.56. The zero-order valence-electron chi connectivity index (χ0n) is 9.47. The number of rotatable bonds is 1. The molecule has 1 fully saturated rings. The van der Waals surface area contributed by atoms with Gasteiger partial charge in [-0.15, -0.1) is 0 Å². The minimum absolute atomic E-state index is 0.00810. The monoisotopic (exact) mass is 235 g/mol. The van der Waals surface area contributed by atoms with Gasteiger partial charge in [0.2, 0.25) is 5.91 Å². The van der Waals surface area contributed by atoms with Gasteiger partial charge >= 0.3 is 0 Å². The fourth-order valence-corrected chi connectivity index (χ4v) is 1.11. The normalized spacial score (nSPS) is 13.8. The largest absolute Gasteiger partial charge is 0.494 e. The maximum absolute atomic E-state index is 10.2. The number of methoxy groups -OCH3 is 1. The summed E-state index contributed by atoms with van der Waals surface area (Å²) >= 11 is 0. The summed E-state index contributed by atoms with van der Waals surface area (Å²) < 4.78 is 9.62. The minimum atomic E-state index is -0.00810. The third kappa shape index (κ3) is 4.49. The quantitative estimate of drug-likeness (QED) is 0.746. The van der Waals surface area contributed by atoms with Gasteiger partial charge in [0.1, 0.15) is 12.7 Å². The van der Waals surface area contributed by atoms with Crippen LogP contribution in [-0.4, -0.2) is 37.8 Å². The molecule has 1 aromatic heterocycles. The van der Waals surface area contributed by atoms with Crippen LogP contribution in [0.1, 0.15) is 5.56 Å². The molecule has 0 atom stereocenters. The zero-order chi connectivity index (χ0) is 12.5. The van der Waals surface area contributed by atoms with Gasteiger partial charge in [-0.1, -0.05) is 0 Å². The van der Waals surface area contributed by atoms with Crippen LogP contribution in [0.2, 0.25) is 0 Å². The topological polar surface area (TPSA) is 84.2 Å². The molecule has 0 saturated carbocycles. The van der Waals surface area contributed by atoms with Crippen LogP contribution in [-0.2, 0) is 9.53 Å². The third-order valence-corrected chi connectivity index (χ3v) is 1.93. The van der Waals surface area contributed by atoms with Gasteiger partial charge in [-0.3, -0.25) is 9.78 Å². The first-order valence-corrected chi connectivity index (χ1v) is 5.00. The van der Waals surface area contributed by atoms with Crippen molar-refractivity contribution in [3.8, 4) is 11.8 Å². The van der Waals surface area contributed by atoms with Crippen LogP contribution in [0.5, 0.6) is 5.75 Å². The molecule has 17 heavy (non-hydrogen) atoms. The Kier molecular flexibility index (Phi) is 5.47. The number of nitrogens with one attached hydrogen (secondary N) is 1. The molecule has 0 aliphatic carbocycles. The summed E-state index contributed by atoms with van der Waals surface area (Å²) in [5, 5.41) is 11.1. The second-order valence-electron chi connectivity index (χ2n) is 3.09. The predicted octanol–water partition coefficient (Wildman–Crippen LogP) is 0.0947. The summed E-state index contributed by atoms with van der Waals surface area (Å²) in [5.74, 6) is 0.510. The Morgan fingerprint density at radius 1 is 1.65 bits per heavy atom. The van der Waals surface area contributed by atoms with Gasteiger partial charge in [0.25, 0.3) is 0 Å². The van der Waals surface area contributed by atoms with E-state index in [1.165, 1.54) is 13.3 Å². The van der Waals surface area contributed by atoms with Gasteiger partial charge in [0.05, 0.1) is 25.5 Å². The minimum Gasteiger partial charge on any atom is -0.494 e. The molecular weight excluding hydrogens is 222 g/mol. The number of morpholine rings is 1. The maximum Gasteiger partial charge on any atom is 0.246 e. The zero-order valence-corrected chi connectivity index (χ0v) is 9.47. The van der Waals surface area contributed by atoms with E-state index in [1.807, 2.05) is 6.07 Å². The lowest BCUT2D eigenvalue weighted by atomic mass is 10.3. The number of nitrogens with zero attached hydrogens (tertiary/aromatic N) is 2. The van der Waals surface area contributed by atoms with E-state index in [9.17, 15) is 4.79 Å². The van der Waals surface area contributed by atoms with Gasteiger partial charge in [0.15, 0.2) is 5.75 Å². The van der Waals surface area contributed by atoms with Crippen molar-refractivity contribution in [1.82, 2.24) is 10.3 Å². The first-order chi connectivity index (χ1) is 8.27. The molecule has 1 saturated heterocycles. The highest BCUT2D eigenvalue weighted by molar-refractivity contribution is 5.77. The van der Waals surface area contributed by atoms with Gasteiger partial charge in [-0.25, -0.2) is 0 Å². The summed E-state index contributed by atoms with van der Waals surface area (Å²) in [6.07, 6.45) is 3.07. The second kappa shape index (κ2) is 7.19. The van der Waals surface area contributed by atoms with E-state index in [-0.39, 0.29) is 12.5 Å². The lowest BCUT2D eigenvalue weighted by molar-refractivity contribution is -0.128. The van der Waals surface area contributed by atoms with Crippen molar-refractivity contribution in [3.05, 3.63) is 24.0 Å². The standard InChI is InChI=1S/C7H6N2O.C4H7NO2/c1-10-7-5-9-3-2-6(7)4-8;6-4-3-7-2-1-5-4/h2-3,5H,1H3;1-3H2,(H,5,6). The first kappa shape index (κ1) is 12.9. The molecule has 0 spiro atoms. The Hall–Kier alpha value is -2.13. The number of ether oxygens (including phenoxy) is 2. The summed E-state index contributed by atoms with van der Waals surface area (Å²) in [7, 11) is 1.51. The number of aromatic nitrogens is 1. The van der Waals surface area contributed by atoms with Gasteiger partial charge in [-0.2, -0.15) is 5.26 Å². The van der Waals surface area contributed by atoms with E-state index in [0.29, 0.717) is 24.5 Å². The number of amides is 1. The lowest BCUT2D eigenvalue weighted by Gasteiger charge is -2.10. The lowest BCUT2D eigenvalue weighted by Crippen LogP contribution is -2.36. The Morgan fingerprint density at radius 2 is 2.47 bits per heavy atom. The van der Waals surface area contributed by atoms with Crippen molar-refractivity contribution in [1.29, 1.82) is 5.26 Å². The van der Waals surface area contributed by atoms with E-state index in [1.54, 1.807) is 12.3 Å². The molecule has 1 N–H and O–H groups in total. The molecule has 2 rings (SSSR count). The fourth-order valence-electron chi connectivity index (χ4n) is 1.11. The average Bonchev–Trinajstić information content (AvgIpc) is 2.40. The summed E-state index contributed by atoms with van der Waals surface area (Å²) in [4.78, 5) is 14.0. The van der Waals surface area contributed by atoms with Crippen molar-refractivity contribution < 1.29 is 14.3 Å². The summed E-state index contributed by atoms with van der Waals surface area (Å²) in [5.41, 5.74) is 0.512. The van der Waals surface area contributed by atoms with Gasteiger partial charge in [-0.05, 0) is 6.07 Å². The Morgan fingerprint density at radius 3 is 2.88 bits per heavy atom. The Labute approximate surface area is 99.2 Å². The SMILES string of the molecule is COc1cnccc1C#N.O=C1COCCN1. The van der Waals surface area contributed by atoms with Crippen molar-refractivity contribution >= 4 is 5.91 Å². The molecule has 1 aliphatic heterocycles. The van der Waals surface area contributed by atoms with Crippen LogP contribution < -0.4 is 10.1 Å². The van der Waals surface area contributed by atoms with Crippen LogP contribution >= 0.6 is 0 Å². The van der Waals surface area contributed by atoms with Crippen LogP contribution in [0.4, 0.5) is 0 Å². The Balaban J connectivity index is 0.000000181. The Bertz CT molecular complexity index is 407. The number of carbonyl (C=O) groups is 1. The molecule has 2 heterocycles. The van der Waals surface area contributed by atoms with Crippen molar-refractivity contribution in [2.75, 3.05) is 26.9 Å². The van der Waals surface area contributed by atoms with Gasteiger partial charge < -0.3 is 14.8 Å². The molecule has 0 radical (unpaired) electrons. The van der Waals surface area contributed by atoms with Crippen molar-refractivity contribution in [3.63, 3.8) is 0 Å². The first-order valence-electron chi connectivity index (χ1n) is 5.00. The third-order valence-electron chi connectivity index (χ3n) is 1.93. The van der Waals surface area contributed by atoms with E-state index in [4.69, 9.17) is 14.7 Å². The predicted molar refractivity (Wildman–Crippen MR) is 59.3 cm³/mol. The highest BCUT2D eigenvalue weighted by Crippen LogP contribution is 2.12. The van der Waals surface area contributed by atoms with E-state index < -0.39 is 0 Å². The molecule has 0 aromatic carbocycles. The number of hydrogen-bond acceptors (Lipinski definition) is 5. The molecule has 6 heteroatoms. The van der Waals surface area contributed by atoms with Crippen molar-refractivity contribution in [2.45, 2.75) is 0 Å². The molecule has 0 unspecified atom stereocenters. The average molecular weight is 235 g/mol. The molecule has 6 nitrogen and oxygen atoms in total. The molecule has 1 aromatic rings. The molecule has 90 valence electrons. The number of pyridine rings is 1. The highest BCUT2D eigenvalue weighted by Gasteiger charge is 2.04. The van der Waals surface area contributed by atoms with Crippen LogP contribution in [0.15, 0.2) is 18.5 Å². The molecular formula is C11H13N3O3. The highest BCUT2D eigenvalue weighted by atomic mass is 16.5. The maximum atomic E-state index is 10.2. The van der Waals surface area contributed by atoms with E-state index in [0.717, 1.165) is 0 Å². The number of hydrogen-bond donors (Lipinski definition) is 1. The van der Waals surface area contributed by atoms with E-state index in [2.05, 4.69) is 10.3 Å². The molecule has 1 amide bonds. The fraction of sp³-hybridized carbons (Fsp3) is 0.364. The number of nitriles is 1. The van der Waals surface area contributed by atoms with E-state index >= 15 is 0 Å². The molecule has 1 aliphatic rings. The van der Waals surface area contributed by atoms with Crippen LogP contribution in [0.3, 0.4) is 0 Å². The van der Waals surface area contributed by atoms with Gasteiger partial charge in [0, 0.05) is 12.7 Å². The second-order valence-corrected chi connectivity index (χ2v) is 3.09. The smallest absolute Gasteiger partial charge is 0.246 e. The summed E-state index contributed by atoms with van der Waals surface area (Å²) in [6, 6.07) is 3.59. The van der Waals surface area contributed by atoms with Crippen molar-refractivity contribution in [2.24, 2.45) is 0 Å². The van der Waals surface area contributed by atoms with Crippen LogP contribution in [0.25, 0.3) is 0 Å². The molecule has 0 bridgehead atoms.